The normalized spacial score (nSPS) is 28.6. The maximum atomic E-state index is 11.8. The Kier molecular flexibility index (Phi) is 4.16. The van der Waals surface area contributed by atoms with Crippen LogP contribution < -0.4 is 0 Å². The van der Waals surface area contributed by atoms with Gasteiger partial charge in [0.25, 0.3) is 0 Å². The zero-order chi connectivity index (χ0) is 13.8. The summed E-state index contributed by atoms with van der Waals surface area (Å²) in [6.07, 6.45) is -2.18. The molecule has 0 amide bonds. The van der Waals surface area contributed by atoms with E-state index in [-0.39, 0.29) is 6.61 Å². The summed E-state index contributed by atoms with van der Waals surface area (Å²) < 4.78 is 15.7. The minimum Gasteiger partial charge on any atom is -0.452 e. The summed E-state index contributed by atoms with van der Waals surface area (Å²) in [7, 11) is 0. The molecular formula is C14H16O5. The molecule has 1 aliphatic rings. The van der Waals surface area contributed by atoms with Gasteiger partial charge in [0.05, 0.1) is 6.61 Å². The van der Waals surface area contributed by atoms with Gasteiger partial charge in [-0.25, -0.2) is 9.59 Å². The Balaban J connectivity index is 2.20. The van der Waals surface area contributed by atoms with Crippen LogP contribution in [0.15, 0.2) is 30.3 Å². The van der Waals surface area contributed by atoms with Crippen LogP contribution in [0.5, 0.6) is 0 Å². The lowest BCUT2D eigenvalue weighted by Gasteiger charge is -2.18. The summed E-state index contributed by atoms with van der Waals surface area (Å²) in [4.78, 5) is 23.4. The van der Waals surface area contributed by atoms with Gasteiger partial charge in [-0.1, -0.05) is 30.3 Å². The van der Waals surface area contributed by atoms with Crippen LogP contribution >= 0.6 is 0 Å². The third-order valence-corrected chi connectivity index (χ3v) is 2.88. The zero-order valence-corrected chi connectivity index (χ0v) is 10.9. The van der Waals surface area contributed by atoms with Crippen LogP contribution in [0.1, 0.15) is 25.5 Å². The van der Waals surface area contributed by atoms with Crippen molar-refractivity contribution >= 4 is 11.9 Å². The number of cyclic esters (lactones) is 2. The number of carbonyl (C=O) groups is 2. The molecule has 1 saturated heterocycles. The van der Waals surface area contributed by atoms with Crippen LogP contribution in [0, 0.1) is 0 Å². The number of esters is 2. The Bertz CT molecular complexity index is 456. The molecule has 0 spiro atoms. The molecule has 1 fully saturated rings. The number of ether oxygens (including phenoxy) is 3. The molecule has 2 rings (SSSR count). The standard InChI is InChI=1S/C14H16O5/c1-9-13(15)18-10(2)14(16)19-12(8-17-9)11-6-4-3-5-7-11/h3-7,9-10,12H,8H2,1-2H3. The van der Waals surface area contributed by atoms with Crippen molar-refractivity contribution in [2.75, 3.05) is 6.61 Å². The molecule has 1 aromatic rings. The SMILES string of the molecule is CC1OCC(c2ccccc2)OC(=O)C(C)OC1=O. The smallest absolute Gasteiger partial charge is 0.347 e. The van der Waals surface area contributed by atoms with Crippen LogP contribution in [0.2, 0.25) is 0 Å². The lowest BCUT2D eigenvalue weighted by atomic mass is 10.1. The van der Waals surface area contributed by atoms with Gasteiger partial charge in [0.1, 0.15) is 0 Å². The molecule has 1 aliphatic heterocycles. The summed E-state index contributed by atoms with van der Waals surface area (Å²) in [6.45, 7) is 3.20. The summed E-state index contributed by atoms with van der Waals surface area (Å²) in [5, 5.41) is 0. The zero-order valence-electron chi connectivity index (χ0n) is 10.9. The van der Waals surface area contributed by atoms with Crippen LogP contribution in [-0.2, 0) is 23.8 Å². The van der Waals surface area contributed by atoms with E-state index in [4.69, 9.17) is 14.2 Å². The lowest BCUT2D eigenvalue weighted by Crippen LogP contribution is -2.29. The first-order chi connectivity index (χ1) is 9.08. The highest BCUT2D eigenvalue weighted by atomic mass is 16.6. The molecule has 0 bridgehead atoms. The first-order valence-electron chi connectivity index (χ1n) is 6.15. The average Bonchev–Trinajstić information content (AvgIpc) is 2.46. The Morgan fingerprint density at radius 2 is 1.58 bits per heavy atom. The first-order valence-corrected chi connectivity index (χ1v) is 6.15. The van der Waals surface area contributed by atoms with Crippen molar-refractivity contribution in [3.8, 4) is 0 Å². The van der Waals surface area contributed by atoms with Gasteiger partial charge in [-0.15, -0.1) is 0 Å². The van der Waals surface area contributed by atoms with Crippen molar-refractivity contribution < 1.29 is 23.8 Å². The molecule has 3 atom stereocenters. The largest absolute Gasteiger partial charge is 0.452 e. The van der Waals surface area contributed by atoms with Gasteiger partial charge in [0.2, 0.25) is 0 Å². The van der Waals surface area contributed by atoms with Crippen molar-refractivity contribution in [1.82, 2.24) is 0 Å². The molecule has 102 valence electrons. The first kappa shape index (κ1) is 13.5. The molecule has 3 unspecified atom stereocenters. The highest BCUT2D eigenvalue weighted by Gasteiger charge is 2.30. The molecule has 0 aliphatic carbocycles. The van der Waals surface area contributed by atoms with E-state index < -0.39 is 30.3 Å². The average molecular weight is 264 g/mol. The minimum atomic E-state index is -0.928. The Morgan fingerprint density at radius 1 is 0.947 bits per heavy atom. The fraction of sp³-hybridized carbons (Fsp3) is 0.429. The summed E-state index contributed by atoms with van der Waals surface area (Å²) in [6, 6.07) is 9.27. The molecule has 0 aromatic heterocycles. The Labute approximate surface area is 111 Å². The van der Waals surface area contributed by atoms with Crippen molar-refractivity contribution in [2.24, 2.45) is 0 Å². The van der Waals surface area contributed by atoms with E-state index in [9.17, 15) is 9.59 Å². The van der Waals surface area contributed by atoms with Gasteiger partial charge in [-0.3, -0.25) is 0 Å². The predicted molar refractivity (Wildman–Crippen MR) is 66.2 cm³/mol. The summed E-state index contributed by atoms with van der Waals surface area (Å²) in [5.41, 5.74) is 0.824. The topological polar surface area (TPSA) is 61.8 Å². The number of rotatable bonds is 1. The van der Waals surface area contributed by atoms with Gasteiger partial charge in [-0.2, -0.15) is 0 Å². The van der Waals surface area contributed by atoms with E-state index in [2.05, 4.69) is 0 Å². The monoisotopic (exact) mass is 264 g/mol. The fourth-order valence-electron chi connectivity index (χ4n) is 1.72. The second kappa shape index (κ2) is 5.84. The highest BCUT2D eigenvalue weighted by Crippen LogP contribution is 2.21. The van der Waals surface area contributed by atoms with Crippen molar-refractivity contribution in [3.05, 3.63) is 35.9 Å². The summed E-state index contributed by atoms with van der Waals surface area (Å²) in [5.74, 6) is -1.13. The van der Waals surface area contributed by atoms with E-state index in [0.29, 0.717) is 0 Å². The second-order valence-corrected chi connectivity index (χ2v) is 4.39. The van der Waals surface area contributed by atoms with Crippen molar-refractivity contribution in [3.63, 3.8) is 0 Å². The van der Waals surface area contributed by atoms with Crippen LogP contribution in [0.4, 0.5) is 0 Å². The maximum Gasteiger partial charge on any atom is 0.347 e. The highest BCUT2D eigenvalue weighted by molar-refractivity contribution is 5.81. The van der Waals surface area contributed by atoms with E-state index in [1.54, 1.807) is 6.92 Å². The quantitative estimate of drug-likeness (QED) is 0.721. The third-order valence-electron chi connectivity index (χ3n) is 2.88. The number of carbonyl (C=O) groups excluding carboxylic acids is 2. The molecule has 19 heavy (non-hydrogen) atoms. The van der Waals surface area contributed by atoms with Crippen molar-refractivity contribution in [1.29, 1.82) is 0 Å². The number of hydrogen-bond donors (Lipinski definition) is 0. The molecule has 5 heteroatoms. The van der Waals surface area contributed by atoms with Gasteiger partial charge >= 0.3 is 11.9 Å². The maximum absolute atomic E-state index is 11.8. The molecular weight excluding hydrogens is 248 g/mol. The fourth-order valence-corrected chi connectivity index (χ4v) is 1.72. The van der Waals surface area contributed by atoms with Crippen LogP contribution in [0.25, 0.3) is 0 Å². The minimum absolute atomic E-state index is 0.124. The molecule has 5 nitrogen and oxygen atoms in total. The second-order valence-electron chi connectivity index (χ2n) is 4.39. The van der Waals surface area contributed by atoms with Crippen LogP contribution in [0.3, 0.4) is 0 Å². The van der Waals surface area contributed by atoms with E-state index in [1.807, 2.05) is 30.3 Å². The summed E-state index contributed by atoms with van der Waals surface area (Å²) >= 11 is 0. The van der Waals surface area contributed by atoms with E-state index in [0.717, 1.165) is 5.56 Å². The molecule has 0 radical (unpaired) electrons. The molecule has 1 heterocycles. The lowest BCUT2D eigenvalue weighted by molar-refractivity contribution is -0.169. The number of benzene rings is 1. The molecule has 1 aromatic carbocycles. The van der Waals surface area contributed by atoms with Crippen LogP contribution in [-0.4, -0.2) is 30.8 Å². The Hall–Kier alpha value is -1.88. The van der Waals surface area contributed by atoms with E-state index >= 15 is 0 Å². The van der Waals surface area contributed by atoms with Gasteiger partial charge in [0, 0.05) is 0 Å². The Morgan fingerprint density at radius 3 is 2.26 bits per heavy atom. The van der Waals surface area contributed by atoms with Gasteiger partial charge in [0.15, 0.2) is 18.3 Å². The van der Waals surface area contributed by atoms with Gasteiger partial charge in [-0.05, 0) is 19.4 Å². The molecule has 0 N–H and O–H groups in total. The van der Waals surface area contributed by atoms with E-state index in [1.165, 1.54) is 6.92 Å². The van der Waals surface area contributed by atoms with Crippen molar-refractivity contribution in [2.45, 2.75) is 32.2 Å². The predicted octanol–water partition coefficient (Wildman–Crippen LogP) is 1.62. The number of hydrogen-bond acceptors (Lipinski definition) is 5. The van der Waals surface area contributed by atoms with Gasteiger partial charge < -0.3 is 14.2 Å². The molecule has 0 saturated carbocycles. The third kappa shape index (κ3) is 3.32.